The van der Waals surface area contributed by atoms with Gasteiger partial charge in [-0.05, 0) is 42.3 Å². The van der Waals surface area contributed by atoms with Crippen LogP contribution in [0.25, 0.3) is 44.4 Å². The van der Waals surface area contributed by atoms with Gasteiger partial charge in [-0.25, -0.2) is 4.98 Å². The van der Waals surface area contributed by atoms with Gasteiger partial charge in [-0.2, -0.15) is 5.10 Å². The van der Waals surface area contributed by atoms with Gasteiger partial charge in [0.25, 0.3) is 0 Å². The molecule has 0 saturated carbocycles. The van der Waals surface area contributed by atoms with Crippen LogP contribution in [-0.4, -0.2) is 50.9 Å². The van der Waals surface area contributed by atoms with E-state index >= 15 is 0 Å². The zero-order valence-electron chi connectivity index (χ0n) is 17.3. The van der Waals surface area contributed by atoms with Gasteiger partial charge in [0.05, 0.1) is 37.2 Å². The zero-order valence-corrected chi connectivity index (χ0v) is 17.3. The van der Waals surface area contributed by atoms with E-state index in [0.29, 0.717) is 5.89 Å². The lowest BCUT2D eigenvalue weighted by Gasteiger charge is -2.30. The van der Waals surface area contributed by atoms with Crippen LogP contribution in [0.15, 0.2) is 59.4 Å². The molecule has 7 heteroatoms. The molecule has 3 aromatic heterocycles. The maximum atomic E-state index is 6.21. The number of nitrogens with one attached hydrogen (secondary N) is 2. The molecule has 4 heterocycles. The van der Waals surface area contributed by atoms with E-state index in [1.165, 1.54) is 5.39 Å². The highest BCUT2D eigenvalue weighted by Crippen LogP contribution is 2.35. The predicted molar refractivity (Wildman–Crippen MR) is 120 cm³/mol. The number of rotatable bonds is 4. The molecule has 156 valence electrons. The molecule has 0 unspecified atom stereocenters. The minimum Gasteiger partial charge on any atom is -0.440 e. The van der Waals surface area contributed by atoms with E-state index in [1.54, 1.807) is 0 Å². The SMILES string of the molecule is C[C@@H]1CN(Cc2cnc(-c3cc(-c4cccc5[nH]ccc45)cc4[nH]ncc34)o2)CCO1. The lowest BCUT2D eigenvalue weighted by Crippen LogP contribution is -2.40. The number of aromatic nitrogens is 4. The van der Waals surface area contributed by atoms with Gasteiger partial charge in [0.1, 0.15) is 5.76 Å². The number of oxazole rings is 1. The van der Waals surface area contributed by atoms with Crippen molar-refractivity contribution in [2.75, 3.05) is 19.7 Å². The van der Waals surface area contributed by atoms with Crippen molar-refractivity contribution in [3.05, 3.63) is 60.7 Å². The second-order valence-corrected chi connectivity index (χ2v) is 8.15. The van der Waals surface area contributed by atoms with E-state index in [4.69, 9.17) is 9.15 Å². The Labute approximate surface area is 179 Å². The standard InChI is InChI=1S/C24H23N5O2/c1-15-13-29(7-8-30-15)14-17-11-26-24(31-17)20-9-16(10-23-21(20)12-27-28-23)18-3-2-4-22-19(18)5-6-25-22/h2-6,9-12,15,25H,7-8,13-14H2,1H3,(H,27,28)/t15-/m1/s1. The van der Waals surface area contributed by atoms with Crippen molar-refractivity contribution >= 4 is 21.8 Å². The summed E-state index contributed by atoms with van der Waals surface area (Å²) in [6.07, 6.45) is 5.88. The number of benzene rings is 2. The molecule has 5 aromatic rings. The van der Waals surface area contributed by atoms with Crippen LogP contribution in [-0.2, 0) is 11.3 Å². The van der Waals surface area contributed by atoms with Gasteiger partial charge in [-0.15, -0.1) is 0 Å². The third-order valence-corrected chi connectivity index (χ3v) is 5.95. The Morgan fingerprint density at radius 2 is 2.06 bits per heavy atom. The summed E-state index contributed by atoms with van der Waals surface area (Å²) in [5.74, 6) is 1.48. The molecule has 1 aliphatic heterocycles. The molecule has 0 spiro atoms. The second-order valence-electron chi connectivity index (χ2n) is 8.15. The first-order valence-corrected chi connectivity index (χ1v) is 10.6. The highest BCUT2D eigenvalue weighted by molar-refractivity contribution is 6.01. The van der Waals surface area contributed by atoms with Crippen LogP contribution in [0.5, 0.6) is 0 Å². The van der Waals surface area contributed by atoms with Crippen LogP contribution < -0.4 is 0 Å². The maximum Gasteiger partial charge on any atom is 0.227 e. The number of nitrogens with zero attached hydrogens (tertiary/aromatic N) is 3. The molecule has 31 heavy (non-hydrogen) atoms. The zero-order chi connectivity index (χ0) is 20.8. The third kappa shape index (κ3) is 3.32. The Kier molecular flexibility index (Phi) is 4.36. The lowest BCUT2D eigenvalue weighted by molar-refractivity contribution is -0.0230. The smallest absolute Gasteiger partial charge is 0.227 e. The molecule has 6 rings (SSSR count). The minimum atomic E-state index is 0.245. The highest BCUT2D eigenvalue weighted by Gasteiger charge is 2.20. The van der Waals surface area contributed by atoms with Gasteiger partial charge in [0.15, 0.2) is 0 Å². The number of ether oxygens (including phenoxy) is 1. The Morgan fingerprint density at radius 1 is 1.10 bits per heavy atom. The summed E-state index contributed by atoms with van der Waals surface area (Å²) in [5.41, 5.74) is 5.27. The van der Waals surface area contributed by atoms with Gasteiger partial charge in [-0.3, -0.25) is 10.00 Å². The summed E-state index contributed by atoms with van der Waals surface area (Å²) in [5, 5.41) is 9.55. The molecular formula is C24H23N5O2. The molecule has 0 aliphatic carbocycles. The number of fused-ring (bicyclic) bond motifs is 2. The fourth-order valence-corrected chi connectivity index (χ4v) is 4.48. The molecule has 0 amide bonds. The van der Waals surface area contributed by atoms with Crippen LogP contribution in [0.1, 0.15) is 12.7 Å². The van der Waals surface area contributed by atoms with E-state index in [9.17, 15) is 0 Å². The van der Waals surface area contributed by atoms with E-state index in [2.05, 4.69) is 68.4 Å². The highest BCUT2D eigenvalue weighted by atomic mass is 16.5. The molecule has 1 atom stereocenters. The van der Waals surface area contributed by atoms with Crippen LogP contribution in [0, 0.1) is 0 Å². The van der Waals surface area contributed by atoms with Gasteiger partial charge in [0, 0.05) is 41.1 Å². The van der Waals surface area contributed by atoms with Crippen LogP contribution in [0.3, 0.4) is 0 Å². The monoisotopic (exact) mass is 413 g/mol. The fraction of sp³-hybridized carbons (Fsp3) is 0.250. The Morgan fingerprint density at radius 3 is 3.00 bits per heavy atom. The molecule has 1 saturated heterocycles. The van der Waals surface area contributed by atoms with Crippen LogP contribution >= 0.6 is 0 Å². The maximum absolute atomic E-state index is 6.21. The van der Waals surface area contributed by atoms with Gasteiger partial charge < -0.3 is 14.1 Å². The number of hydrogen-bond donors (Lipinski definition) is 2. The number of morpholine rings is 1. The summed E-state index contributed by atoms with van der Waals surface area (Å²) < 4.78 is 11.8. The van der Waals surface area contributed by atoms with Gasteiger partial charge in [0.2, 0.25) is 5.89 Å². The van der Waals surface area contributed by atoms with E-state index < -0.39 is 0 Å². The van der Waals surface area contributed by atoms with Crippen molar-refractivity contribution in [3.63, 3.8) is 0 Å². The average molecular weight is 413 g/mol. The van der Waals surface area contributed by atoms with E-state index in [0.717, 1.165) is 65.1 Å². The van der Waals surface area contributed by atoms with Crippen molar-refractivity contribution < 1.29 is 9.15 Å². The summed E-state index contributed by atoms with van der Waals surface area (Å²) in [7, 11) is 0. The summed E-state index contributed by atoms with van der Waals surface area (Å²) >= 11 is 0. The topological polar surface area (TPSA) is 83.0 Å². The van der Waals surface area contributed by atoms with Crippen molar-refractivity contribution in [3.8, 4) is 22.6 Å². The molecule has 1 aliphatic rings. The molecular weight excluding hydrogens is 390 g/mol. The number of aromatic amines is 2. The molecule has 1 fully saturated rings. The molecule has 2 N–H and O–H groups in total. The average Bonchev–Trinajstić information content (AvgIpc) is 3.53. The molecule has 7 nitrogen and oxygen atoms in total. The quantitative estimate of drug-likeness (QED) is 0.450. The van der Waals surface area contributed by atoms with Gasteiger partial charge in [-0.1, -0.05) is 12.1 Å². The third-order valence-electron chi connectivity index (χ3n) is 5.95. The molecule has 0 radical (unpaired) electrons. The van der Waals surface area contributed by atoms with Crippen LogP contribution in [0.2, 0.25) is 0 Å². The Bertz CT molecular complexity index is 1360. The first-order valence-electron chi connectivity index (χ1n) is 10.6. The van der Waals surface area contributed by atoms with E-state index in [1.807, 2.05) is 18.6 Å². The first kappa shape index (κ1) is 18.4. The Hall–Kier alpha value is -3.42. The second kappa shape index (κ2) is 7.37. The molecule has 0 bridgehead atoms. The van der Waals surface area contributed by atoms with Crippen molar-refractivity contribution in [1.29, 1.82) is 0 Å². The Balaban J connectivity index is 1.40. The first-order chi connectivity index (χ1) is 15.2. The van der Waals surface area contributed by atoms with Crippen LogP contribution in [0.4, 0.5) is 0 Å². The summed E-state index contributed by atoms with van der Waals surface area (Å²) in [4.78, 5) is 10.2. The lowest BCUT2D eigenvalue weighted by atomic mass is 9.98. The predicted octanol–water partition coefficient (Wildman–Crippen LogP) is 4.59. The van der Waals surface area contributed by atoms with E-state index in [-0.39, 0.29) is 6.10 Å². The molecule has 2 aromatic carbocycles. The van der Waals surface area contributed by atoms with Crippen molar-refractivity contribution in [2.45, 2.75) is 19.6 Å². The largest absolute Gasteiger partial charge is 0.440 e. The number of hydrogen-bond acceptors (Lipinski definition) is 5. The minimum absolute atomic E-state index is 0.245. The van der Waals surface area contributed by atoms with Crippen molar-refractivity contribution in [2.24, 2.45) is 0 Å². The van der Waals surface area contributed by atoms with Gasteiger partial charge >= 0.3 is 0 Å². The summed E-state index contributed by atoms with van der Waals surface area (Å²) in [6, 6.07) is 12.7. The normalized spacial score (nSPS) is 17.6. The number of H-pyrrole nitrogens is 2. The fourth-order valence-electron chi connectivity index (χ4n) is 4.48. The van der Waals surface area contributed by atoms with Crippen molar-refractivity contribution in [1.82, 2.24) is 25.1 Å². The summed E-state index contributed by atoms with van der Waals surface area (Å²) in [6.45, 7) is 5.40.